The summed E-state index contributed by atoms with van der Waals surface area (Å²) in [6.45, 7) is 0.449. The lowest BCUT2D eigenvalue weighted by Crippen LogP contribution is -2.43. The molecule has 102 valence electrons. The molecule has 19 heavy (non-hydrogen) atoms. The van der Waals surface area contributed by atoms with E-state index in [-0.39, 0.29) is 24.2 Å². The lowest BCUT2D eigenvalue weighted by molar-refractivity contribution is -0.141. The molecule has 0 aromatic carbocycles. The average molecular weight is 262 g/mol. The normalized spacial score (nSPS) is 16.4. The van der Waals surface area contributed by atoms with Crippen molar-refractivity contribution in [1.29, 1.82) is 0 Å². The predicted molar refractivity (Wildman–Crippen MR) is 69.5 cm³/mol. The number of aromatic nitrogens is 1. The molecule has 2 rings (SSSR count). The van der Waals surface area contributed by atoms with Gasteiger partial charge < -0.3 is 10.4 Å². The van der Waals surface area contributed by atoms with Gasteiger partial charge in [-0.25, -0.2) is 0 Å². The van der Waals surface area contributed by atoms with E-state index in [1.54, 1.807) is 18.3 Å². The van der Waals surface area contributed by atoms with E-state index in [0.717, 1.165) is 25.0 Å². The summed E-state index contributed by atoms with van der Waals surface area (Å²) in [6, 6.07) is 5.45. The van der Waals surface area contributed by atoms with Crippen LogP contribution in [0.5, 0.6) is 0 Å². The van der Waals surface area contributed by atoms with Crippen LogP contribution in [0.2, 0.25) is 0 Å². The molecule has 2 N–H and O–H groups in total. The summed E-state index contributed by atoms with van der Waals surface area (Å²) >= 11 is 0. The first-order valence-electron chi connectivity index (χ1n) is 6.48. The number of pyridine rings is 1. The summed E-state index contributed by atoms with van der Waals surface area (Å²) in [6.07, 6.45) is 4.83. The number of nitrogens with one attached hydrogen (secondary N) is 1. The quantitative estimate of drug-likeness (QED) is 0.812. The Hall–Kier alpha value is -1.91. The summed E-state index contributed by atoms with van der Waals surface area (Å²) in [7, 11) is 0. The summed E-state index contributed by atoms with van der Waals surface area (Å²) in [5.41, 5.74) is 0.493. The minimum atomic E-state index is -0.793. The van der Waals surface area contributed by atoms with Crippen LogP contribution in [0.3, 0.4) is 0 Å². The second-order valence-electron chi connectivity index (χ2n) is 5.20. The number of carboxylic acids is 1. The maximum Gasteiger partial charge on any atom is 0.303 e. The molecule has 0 unspecified atom stereocenters. The lowest BCUT2D eigenvalue weighted by Gasteiger charge is -2.40. The zero-order chi connectivity index (χ0) is 13.7. The number of nitrogens with zero attached hydrogens (tertiary/aromatic N) is 1. The van der Waals surface area contributed by atoms with Crippen LogP contribution < -0.4 is 5.32 Å². The highest BCUT2D eigenvalue weighted by Gasteiger charge is 2.39. The van der Waals surface area contributed by atoms with E-state index in [0.29, 0.717) is 6.54 Å². The molecular weight excluding hydrogens is 244 g/mol. The third kappa shape index (κ3) is 3.77. The van der Waals surface area contributed by atoms with Gasteiger partial charge in [-0.1, -0.05) is 12.5 Å². The summed E-state index contributed by atoms with van der Waals surface area (Å²) in [5.74, 6) is -0.894. The van der Waals surface area contributed by atoms with Crippen molar-refractivity contribution in [3.05, 3.63) is 30.1 Å². The highest BCUT2D eigenvalue weighted by Crippen LogP contribution is 2.43. The van der Waals surface area contributed by atoms with Gasteiger partial charge in [-0.3, -0.25) is 14.6 Å². The van der Waals surface area contributed by atoms with Crippen LogP contribution in [0.1, 0.15) is 31.4 Å². The fourth-order valence-corrected chi connectivity index (χ4v) is 2.43. The maximum atomic E-state index is 11.8. The van der Waals surface area contributed by atoms with Crippen molar-refractivity contribution in [2.24, 2.45) is 5.41 Å². The van der Waals surface area contributed by atoms with Gasteiger partial charge in [0.25, 0.3) is 0 Å². The summed E-state index contributed by atoms with van der Waals surface area (Å²) in [5, 5.41) is 11.7. The van der Waals surface area contributed by atoms with Crippen molar-refractivity contribution in [3.8, 4) is 0 Å². The maximum absolute atomic E-state index is 11.8. The molecular formula is C14H18N2O3. The molecule has 1 heterocycles. The van der Waals surface area contributed by atoms with Crippen molar-refractivity contribution in [3.63, 3.8) is 0 Å². The standard InChI is InChI=1S/C14H18N2O3/c17-12(8-11-4-1-2-7-15-11)16-10-14(5-3-6-14)9-13(18)19/h1-2,4,7H,3,5-6,8-10H2,(H,16,17)(H,18,19). The molecule has 1 saturated carbocycles. The largest absolute Gasteiger partial charge is 0.481 e. The van der Waals surface area contributed by atoms with Crippen molar-refractivity contribution >= 4 is 11.9 Å². The minimum absolute atomic E-state index is 0.102. The number of aliphatic carboxylic acids is 1. The Morgan fingerprint density at radius 3 is 2.68 bits per heavy atom. The van der Waals surface area contributed by atoms with E-state index in [1.807, 2.05) is 6.07 Å². The molecule has 5 heteroatoms. The zero-order valence-electron chi connectivity index (χ0n) is 10.8. The van der Waals surface area contributed by atoms with Crippen LogP contribution in [0.15, 0.2) is 24.4 Å². The van der Waals surface area contributed by atoms with E-state index in [2.05, 4.69) is 10.3 Å². The Morgan fingerprint density at radius 2 is 2.16 bits per heavy atom. The van der Waals surface area contributed by atoms with Crippen molar-refractivity contribution in [2.75, 3.05) is 6.54 Å². The van der Waals surface area contributed by atoms with Gasteiger partial charge in [0.1, 0.15) is 0 Å². The third-order valence-corrected chi connectivity index (χ3v) is 3.67. The van der Waals surface area contributed by atoms with Crippen LogP contribution in [-0.2, 0) is 16.0 Å². The molecule has 1 aromatic rings. The molecule has 1 aliphatic carbocycles. The monoisotopic (exact) mass is 262 g/mol. The summed E-state index contributed by atoms with van der Waals surface area (Å²) < 4.78 is 0. The van der Waals surface area contributed by atoms with Crippen LogP contribution in [0, 0.1) is 5.41 Å². The van der Waals surface area contributed by atoms with E-state index < -0.39 is 5.97 Å². The molecule has 0 aliphatic heterocycles. The van der Waals surface area contributed by atoms with Gasteiger partial charge in [-0.15, -0.1) is 0 Å². The van der Waals surface area contributed by atoms with E-state index in [4.69, 9.17) is 5.11 Å². The van der Waals surface area contributed by atoms with Crippen LogP contribution in [-0.4, -0.2) is 28.5 Å². The van der Waals surface area contributed by atoms with E-state index in [9.17, 15) is 9.59 Å². The van der Waals surface area contributed by atoms with Gasteiger partial charge in [-0.05, 0) is 30.4 Å². The highest BCUT2D eigenvalue weighted by atomic mass is 16.4. The molecule has 0 radical (unpaired) electrons. The SMILES string of the molecule is O=C(O)CC1(CNC(=O)Cc2ccccn2)CCC1. The van der Waals surface area contributed by atoms with E-state index >= 15 is 0 Å². The first-order valence-corrected chi connectivity index (χ1v) is 6.48. The lowest BCUT2D eigenvalue weighted by atomic mass is 9.66. The number of hydrogen-bond acceptors (Lipinski definition) is 3. The van der Waals surface area contributed by atoms with Crippen LogP contribution in [0.25, 0.3) is 0 Å². The van der Waals surface area contributed by atoms with Gasteiger partial charge in [-0.2, -0.15) is 0 Å². The molecule has 0 bridgehead atoms. The molecule has 0 spiro atoms. The topological polar surface area (TPSA) is 79.3 Å². The van der Waals surface area contributed by atoms with Gasteiger partial charge in [0, 0.05) is 18.4 Å². The van der Waals surface area contributed by atoms with Crippen LogP contribution in [0.4, 0.5) is 0 Å². The Kier molecular flexibility index (Phi) is 4.14. The predicted octanol–water partition coefficient (Wildman–Crippen LogP) is 1.39. The number of amides is 1. The molecule has 1 amide bonds. The zero-order valence-corrected chi connectivity index (χ0v) is 10.8. The number of carbonyl (C=O) groups is 2. The second-order valence-corrected chi connectivity index (χ2v) is 5.20. The van der Waals surface area contributed by atoms with Crippen molar-refractivity contribution in [1.82, 2.24) is 10.3 Å². The molecule has 5 nitrogen and oxygen atoms in total. The molecule has 1 aliphatic rings. The molecule has 1 fully saturated rings. The highest BCUT2D eigenvalue weighted by molar-refractivity contribution is 5.78. The number of hydrogen-bond donors (Lipinski definition) is 2. The first-order chi connectivity index (χ1) is 9.10. The smallest absolute Gasteiger partial charge is 0.303 e. The minimum Gasteiger partial charge on any atom is -0.481 e. The van der Waals surface area contributed by atoms with Gasteiger partial charge in [0.15, 0.2) is 0 Å². The van der Waals surface area contributed by atoms with Gasteiger partial charge in [0.2, 0.25) is 5.91 Å². The second kappa shape index (κ2) is 5.82. The Bertz CT molecular complexity index is 455. The Balaban J connectivity index is 1.81. The van der Waals surface area contributed by atoms with Crippen molar-refractivity contribution in [2.45, 2.75) is 32.1 Å². The third-order valence-electron chi connectivity index (χ3n) is 3.67. The number of carboxylic acid groups (broad SMARTS) is 1. The first kappa shape index (κ1) is 13.5. The molecule has 0 saturated heterocycles. The molecule has 1 aromatic heterocycles. The Labute approximate surface area is 112 Å². The van der Waals surface area contributed by atoms with E-state index in [1.165, 1.54) is 0 Å². The fourth-order valence-electron chi connectivity index (χ4n) is 2.43. The molecule has 0 atom stereocenters. The number of carbonyl (C=O) groups excluding carboxylic acids is 1. The number of rotatable bonds is 6. The Morgan fingerprint density at radius 1 is 1.37 bits per heavy atom. The van der Waals surface area contributed by atoms with Crippen molar-refractivity contribution < 1.29 is 14.7 Å². The summed E-state index contributed by atoms with van der Waals surface area (Å²) in [4.78, 5) is 26.7. The van der Waals surface area contributed by atoms with Gasteiger partial charge in [0.05, 0.1) is 12.8 Å². The average Bonchev–Trinajstić information content (AvgIpc) is 2.33. The fraction of sp³-hybridized carbons (Fsp3) is 0.500. The van der Waals surface area contributed by atoms with Gasteiger partial charge >= 0.3 is 5.97 Å². The van der Waals surface area contributed by atoms with Crippen LogP contribution >= 0.6 is 0 Å².